The summed E-state index contributed by atoms with van der Waals surface area (Å²) in [5.41, 5.74) is 2.28. The van der Waals surface area contributed by atoms with Crippen LogP contribution >= 0.6 is 0 Å². The highest BCUT2D eigenvalue weighted by Crippen LogP contribution is 2.21. The number of nitrogens with zero attached hydrogens (tertiary/aromatic N) is 4. The zero-order valence-corrected chi connectivity index (χ0v) is 10.4. The fraction of sp³-hybridized carbons (Fsp3) is 0.214. The van der Waals surface area contributed by atoms with Crippen LogP contribution in [0.3, 0.4) is 0 Å². The molecule has 0 N–H and O–H groups in total. The third-order valence-electron chi connectivity index (χ3n) is 2.95. The van der Waals surface area contributed by atoms with Gasteiger partial charge in [-0.15, -0.1) is 0 Å². The van der Waals surface area contributed by atoms with Gasteiger partial charge in [-0.25, -0.2) is 14.6 Å². The van der Waals surface area contributed by atoms with Gasteiger partial charge in [0.25, 0.3) is 0 Å². The van der Waals surface area contributed by atoms with Crippen molar-refractivity contribution >= 4 is 10.9 Å². The highest BCUT2D eigenvalue weighted by atomic mass is 15.3. The lowest BCUT2D eigenvalue weighted by molar-refractivity contribution is 0.819. The van der Waals surface area contributed by atoms with E-state index in [4.69, 9.17) is 0 Å². The normalized spacial score (nSPS) is 11.3. The SMILES string of the molecule is CC(C)c1ccc2nn(-c3ncccn3)cc2c1. The van der Waals surface area contributed by atoms with Crippen LogP contribution in [0, 0.1) is 0 Å². The number of fused-ring (bicyclic) bond motifs is 1. The van der Waals surface area contributed by atoms with Crippen LogP contribution in [0.1, 0.15) is 25.3 Å². The highest BCUT2D eigenvalue weighted by molar-refractivity contribution is 5.79. The molecule has 18 heavy (non-hydrogen) atoms. The van der Waals surface area contributed by atoms with E-state index >= 15 is 0 Å². The van der Waals surface area contributed by atoms with E-state index in [9.17, 15) is 0 Å². The van der Waals surface area contributed by atoms with Gasteiger partial charge in [0.1, 0.15) is 0 Å². The molecule has 3 rings (SSSR count). The molecule has 3 aromatic rings. The lowest BCUT2D eigenvalue weighted by atomic mass is 10.0. The summed E-state index contributed by atoms with van der Waals surface area (Å²) in [5.74, 6) is 1.12. The zero-order valence-electron chi connectivity index (χ0n) is 10.4. The highest BCUT2D eigenvalue weighted by Gasteiger charge is 2.06. The predicted molar refractivity (Wildman–Crippen MR) is 70.7 cm³/mol. The summed E-state index contributed by atoms with van der Waals surface area (Å²) in [4.78, 5) is 8.38. The maximum Gasteiger partial charge on any atom is 0.250 e. The molecule has 4 nitrogen and oxygen atoms in total. The van der Waals surface area contributed by atoms with Crippen molar-refractivity contribution in [3.05, 3.63) is 48.4 Å². The van der Waals surface area contributed by atoms with Crippen molar-refractivity contribution in [2.45, 2.75) is 19.8 Å². The quantitative estimate of drug-likeness (QED) is 0.689. The molecule has 4 heteroatoms. The second-order valence-corrected chi connectivity index (χ2v) is 4.60. The Labute approximate surface area is 105 Å². The number of hydrogen-bond acceptors (Lipinski definition) is 3. The molecule has 2 heterocycles. The van der Waals surface area contributed by atoms with Gasteiger partial charge in [-0.2, -0.15) is 5.10 Å². The molecule has 0 unspecified atom stereocenters. The molecule has 0 amide bonds. The molecular formula is C14H14N4. The van der Waals surface area contributed by atoms with Crippen LogP contribution in [-0.2, 0) is 0 Å². The van der Waals surface area contributed by atoms with E-state index in [0.29, 0.717) is 11.9 Å². The van der Waals surface area contributed by atoms with Crippen LogP contribution < -0.4 is 0 Å². The van der Waals surface area contributed by atoms with Crippen LogP contribution in [0.25, 0.3) is 16.9 Å². The molecule has 1 aromatic carbocycles. The van der Waals surface area contributed by atoms with E-state index < -0.39 is 0 Å². The summed E-state index contributed by atoms with van der Waals surface area (Å²) in [6, 6.07) is 8.14. The molecular weight excluding hydrogens is 224 g/mol. The molecule has 90 valence electrons. The largest absolute Gasteiger partial charge is 0.250 e. The van der Waals surface area contributed by atoms with Gasteiger partial charge in [0.2, 0.25) is 5.95 Å². The van der Waals surface area contributed by atoms with Crippen molar-refractivity contribution in [1.29, 1.82) is 0 Å². The van der Waals surface area contributed by atoms with E-state index in [-0.39, 0.29) is 0 Å². The van der Waals surface area contributed by atoms with Crippen molar-refractivity contribution in [2.24, 2.45) is 0 Å². The lowest BCUT2D eigenvalue weighted by Gasteiger charge is -2.03. The molecule has 0 saturated carbocycles. The first-order valence-corrected chi connectivity index (χ1v) is 6.01. The van der Waals surface area contributed by atoms with Gasteiger partial charge >= 0.3 is 0 Å². The minimum absolute atomic E-state index is 0.519. The van der Waals surface area contributed by atoms with Crippen molar-refractivity contribution in [3.8, 4) is 5.95 Å². The molecule has 0 fully saturated rings. The van der Waals surface area contributed by atoms with Crippen LogP contribution in [0.5, 0.6) is 0 Å². The fourth-order valence-corrected chi connectivity index (χ4v) is 1.92. The molecule has 2 aromatic heterocycles. The Morgan fingerprint density at radius 2 is 1.89 bits per heavy atom. The summed E-state index contributed by atoms with van der Waals surface area (Å²) in [5, 5.41) is 5.59. The van der Waals surface area contributed by atoms with Crippen molar-refractivity contribution < 1.29 is 0 Å². The van der Waals surface area contributed by atoms with Gasteiger partial charge < -0.3 is 0 Å². The minimum atomic E-state index is 0.519. The average molecular weight is 238 g/mol. The first-order valence-electron chi connectivity index (χ1n) is 6.01. The number of hydrogen-bond donors (Lipinski definition) is 0. The molecule has 0 radical (unpaired) electrons. The smallest absolute Gasteiger partial charge is 0.220 e. The Hall–Kier alpha value is -2.23. The molecule has 0 atom stereocenters. The van der Waals surface area contributed by atoms with E-state index in [1.54, 1.807) is 23.1 Å². The third-order valence-corrected chi connectivity index (χ3v) is 2.95. The van der Waals surface area contributed by atoms with Gasteiger partial charge in [0, 0.05) is 24.0 Å². The van der Waals surface area contributed by atoms with E-state index in [2.05, 4.69) is 41.0 Å². The third kappa shape index (κ3) is 1.86. The summed E-state index contributed by atoms with van der Waals surface area (Å²) in [7, 11) is 0. The minimum Gasteiger partial charge on any atom is -0.220 e. The Morgan fingerprint density at radius 3 is 2.61 bits per heavy atom. The average Bonchev–Trinajstić information content (AvgIpc) is 2.82. The standard InChI is InChI=1S/C14H14N4/c1-10(2)11-4-5-13-12(8-11)9-18(17-13)14-15-6-3-7-16-14/h3-10H,1-2H3. The van der Waals surface area contributed by atoms with E-state index in [0.717, 1.165) is 10.9 Å². The monoisotopic (exact) mass is 238 g/mol. The Balaban J connectivity index is 2.11. The lowest BCUT2D eigenvalue weighted by Crippen LogP contribution is -1.99. The maximum atomic E-state index is 4.48. The molecule has 0 bridgehead atoms. The molecule has 0 aliphatic rings. The van der Waals surface area contributed by atoms with Crippen LogP contribution in [0.15, 0.2) is 42.9 Å². The molecule has 0 spiro atoms. The van der Waals surface area contributed by atoms with Crippen LogP contribution in [-0.4, -0.2) is 19.7 Å². The number of rotatable bonds is 2. The second kappa shape index (κ2) is 4.22. The van der Waals surface area contributed by atoms with Gasteiger partial charge in [-0.1, -0.05) is 19.9 Å². The first-order chi connectivity index (χ1) is 8.74. The first kappa shape index (κ1) is 10.9. The van der Waals surface area contributed by atoms with Gasteiger partial charge in [0.05, 0.1) is 5.52 Å². The summed E-state index contributed by atoms with van der Waals surface area (Å²) in [6.45, 7) is 4.37. The Kier molecular flexibility index (Phi) is 2.55. The van der Waals surface area contributed by atoms with E-state index in [1.807, 2.05) is 12.3 Å². The van der Waals surface area contributed by atoms with Gasteiger partial charge in [0.15, 0.2) is 0 Å². The van der Waals surface area contributed by atoms with Crippen molar-refractivity contribution in [2.75, 3.05) is 0 Å². The molecule has 0 aliphatic heterocycles. The van der Waals surface area contributed by atoms with Crippen molar-refractivity contribution in [3.63, 3.8) is 0 Å². The summed E-state index contributed by atoms with van der Waals surface area (Å²) >= 11 is 0. The predicted octanol–water partition coefficient (Wildman–Crippen LogP) is 2.94. The van der Waals surface area contributed by atoms with Crippen LogP contribution in [0.2, 0.25) is 0 Å². The molecule has 0 saturated heterocycles. The zero-order chi connectivity index (χ0) is 12.5. The summed E-state index contributed by atoms with van der Waals surface area (Å²) in [6.07, 6.45) is 5.40. The molecule has 0 aliphatic carbocycles. The van der Waals surface area contributed by atoms with Crippen molar-refractivity contribution in [1.82, 2.24) is 19.7 Å². The van der Waals surface area contributed by atoms with Gasteiger partial charge in [-0.3, -0.25) is 0 Å². The van der Waals surface area contributed by atoms with E-state index in [1.165, 1.54) is 5.56 Å². The Morgan fingerprint density at radius 1 is 1.11 bits per heavy atom. The van der Waals surface area contributed by atoms with Crippen LogP contribution in [0.4, 0.5) is 0 Å². The topological polar surface area (TPSA) is 43.6 Å². The number of aromatic nitrogens is 4. The fourth-order valence-electron chi connectivity index (χ4n) is 1.92. The summed E-state index contributed by atoms with van der Waals surface area (Å²) < 4.78 is 1.72. The van der Waals surface area contributed by atoms with Gasteiger partial charge in [-0.05, 0) is 29.7 Å². The number of benzene rings is 1. The maximum absolute atomic E-state index is 4.48. The Bertz CT molecular complexity index is 671. The second-order valence-electron chi connectivity index (χ2n) is 4.60.